The summed E-state index contributed by atoms with van der Waals surface area (Å²) in [5, 5.41) is 0. The third kappa shape index (κ3) is 5.14. The lowest BCUT2D eigenvalue weighted by molar-refractivity contribution is 0.0866. The molecule has 3 rings (SSSR count). The SMILES string of the molecule is Cc1cccc(C)c1C(COCc1c(F)cccc1F)CN1CCCCC1. The molecule has 2 aromatic rings. The lowest BCUT2D eigenvalue weighted by atomic mass is 9.90. The Hall–Kier alpha value is -1.78. The van der Waals surface area contributed by atoms with Crippen LogP contribution in [-0.4, -0.2) is 31.1 Å². The summed E-state index contributed by atoms with van der Waals surface area (Å²) in [7, 11) is 0. The Balaban J connectivity index is 1.73. The largest absolute Gasteiger partial charge is 0.376 e. The maximum absolute atomic E-state index is 13.9. The molecule has 0 aliphatic carbocycles. The molecule has 0 N–H and O–H groups in total. The minimum absolute atomic E-state index is 0.00993. The minimum atomic E-state index is -0.547. The van der Waals surface area contributed by atoms with Gasteiger partial charge in [0.05, 0.1) is 13.2 Å². The van der Waals surface area contributed by atoms with Crippen molar-refractivity contribution in [2.24, 2.45) is 0 Å². The number of ether oxygens (including phenoxy) is 1. The van der Waals surface area contributed by atoms with Crippen LogP contribution in [0.15, 0.2) is 36.4 Å². The Morgan fingerprint density at radius 2 is 1.52 bits per heavy atom. The minimum Gasteiger partial charge on any atom is -0.376 e. The number of hydrogen-bond donors (Lipinski definition) is 0. The van der Waals surface area contributed by atoms with Crippen LogP contribution >= 0.6 is 0 Å². The average Bonchev–Trinajstić information content (AvgIpc) is 2.64. The lowest BCUT2D eigenvalue weighted by Gasteiger charge is -2.32. The van der Waals surface area contributed by atoms with E-state index in [1.54, 1.807) is 0 Å². The molecule has 1 aliphatic rings. The van der Waals surface area contributed by atoms with E-state index in [4.69, 9.17) is 4.74 Å². The number of hydrogen-bond acceptors (Lipinski definition) is 2. The van der Waals surface area contributed by atoms with Crippen molar-refractivity contribution in [3.8, 4) is 0 Å². The second-order valence-electron chi connectivity index (χ2n) is 7.58. The zero-order valence-corrected chi connectivity index (χ0v) is 16.3. The van der Waals surface area contributed by atoms with E-state index in [0.717, 1.165) is 19.6 Å². The number of benzene rings is 2. The Bertz CT molecular complexity index is 716. The van der Waals surface area contributed by atoms with Crippen molar-refractivity contribution < 1.29 is 13.5 Å². The fourth-order valence-corrected chi connectivity index (χ4v) is 4.13. The third-order valence-corrected chi connectivity index (χ3v) is 5.50. The van der Waals surface area contributed by atoms with E-state index in [-0.39, 0.29) is 18.1 Å². The molecule has 0 amide bonds. The topological polar surface area (TPSA) is 12.5 Å². The van der Waals surface area contributed by atoms with Crippen LogP contribution in [0.25, 0.3) is 0 Å². The molecule has 146 valence electrons. The lowest BCUT2D eigenvalue weighted by Crippen LogP contribution is -2.35. The second kappa shape index (κ2) is 9.43. The Labute approximate surface area is 161 Å². The highest BCUT2D eigenvalue weighted by atomic mass is 19.1. The summed E-state index contributed by atoms with van der Waals surface area (Å²) in [6, 6.07) is 10.3. The molecule has 0 bridgehead atoms. The molecule has 1 saturated heterocycles. The number of nitrogens with zero attached hydrogens (tertiary/aromatic N) is 1. The number of rotatable bonds is 7. The number of halogens is 2. The van der Waals surface area contributed by atoms with Gasteiger partial charge in [0, 0.05) is 18.0 Å². The van der Waals surface area contributed by atoms with Crippen molar-refractivity contribution in [2.45, 2.75) is 45.6 Å². The second-order valence-corrected chi connectivity index (χ2v) is 7.58. The first kappa shape index (κ1) is 20.0. The Morgan fingerprint density at radius 1 is 0.926 bits per heavy atom. The van der Waals surface area contributed by atoms with Crippen molar-refractivity contribution in [3.05, 3.63) is 70.3 Å². The van der Waals surface area contributed by atoms with E-state index < -0.39 is 11.6 Å². The van der Waals surface area contributed by atoms with E-state index >= 15 is 0 Å². The van der Waals surface area contributed by atoms with Gasteiger partial charge in [-0.25, -0.2) is 8.78 Å². The number of aryl methyl sites for hydroxylation is 2. The first-order valence-corrected chi connectivity index (χ1v) is 9.85. The summed E-state index contributed by atoms with van der Waals surface area (Å²) in [6.07, 6.45) is 3.77. The zero-order valence-electron chi connectivity index (χ0n) is 16.3. The summed E-state index contributed by atoms with van der Waals surface area (Å²) in [5.74, 6) is -0.900. The van der Waals surface area contributed by atoms with Crippen LogP contribution in [0.2, 0.25) is 0 Å². The summed E-state index contributed by atoms with van der Waals surface area (Å²) in [5.41, 5.74) is 3.81. The molecule has 0 aromatic heterocycles. The van der Waals surface area contributed by atoms with E-state index in [2.05, 4.69) is 36.9 Å². The van der Waals surface area contributed by atoms with Crippen molar-refractivity contribution in [3.63, 3.8) is 0 Å². The molecule has 4 heteroatoms. The molecule has 1 fully saturated rings. The van der Waals surface area contributed by atoms with Gasteiger partial charge in [0.1, 0.15) is 11.6 Å². The van der Waals surface area contributed by atoms with Crippen LogP contribution in [0.5, 0.6) is 0 Å². The van der Waals surface area contributed by atoms with Gasteiger partial charge in [0.2, 0.25) is 0 Å². The standard InChI is InChI=1S/C23H29F2NO/c1-17-8-6-9-18(2)23(17)19(14-26-12-4-3-5-13-26)15-27-16-20-21(24)10-7-11-22(20)25/h6-11,19H,3-5,12-16H2,1-2H3. The van der Waals surface area contributed by atoms with Gasteiger partial charge in [-0.1, -0.05) is 30.7 Å². The number of likely N-dealkylation sites (tertiary alicyclic amines) is 1. The van der Waals surface area contributed by atoms with Gasteiger partial charge < -0.3 is 9.64 Å². The maximum atomic E-state index is 13.9. The Morgan fingerprint density at radius 3 is 2.15 bits per heavy atom. The highest BCUT2D eigenvalue weighted by Gasteiger charge is 2.22. The van der Waals surface area contributed by atoms with Crippen LogP contribution < -0.4 is 0 Å². The van der Waals surface area contributed by atoms with Crippen LogP contribution in [0, 0.1) is 25.5 Å². The summed E-state index contributed by atoms with van der Waals surface area (Å²) >= 11 is 0. The van der Waals surface area contributed by atoms with Gasteiger partial charge in [-0.3, -0.25) is 0 Å². The van der Waals surface area contributed by atoms with Crippen molar-refractivity contribution >= 4 is 0 Å². The van der Waals surface area contributed by atoms with E-state index in [1.807, 2.05) is 0 Å². The fourth-order valence-electron chi connectivity index (χ4n) is 4.13. The highest BCUT2D eigenvalue weighted by Crippen LogP contribution is 2.27. The summed E-state index contributed by atoms with van der Waals surface area (Å²) < 4.78 is 33.6. The molecule has 2 aromatic carbocycles. The molecular weight excluding hydrogens is 344 g/mol. The molecule has 1 unspecified atom stereocenters. The normalized spacial score (nSPS) is 16.4. The van der Waals surface area contributed by atoms with Crippen molar-refractivity contribution in [1.29, 1.82) is 0 Å². The maximum Gasteiger partial charge on any atom is 0.131 e. The fraction of sp³-hybridized carbons (Fsp3) is 0.478. The highest BCUT2D eigenvalue weighted by molar-refractivity contribution is 5.37. The smallest absolute Gasteiger partial charge is 0.131 e. The van der Waals surface area contributed by atoms with Gasteiger partial charge in [0.25, 0.3) is 0 Å². The summed E-state index contributed by atoms with van der Waals surface area (Å²) in [6.45, 7) is 7.82. The number of piperidine rings is 1. The first-order chi connectivity index (χ1) is 13.1. The molecule has 2 nitrogen and oxygen atoms in total. The van der Waals surface area contributed by atoms with Gasteiger partial charge in [-0.2, -0.15) is 0 Å². The predicted octanol–water partition coefficient (Wildman–Crippen LogP) is 5.37. The van der Waals surface area contributed by atoms with E-state index in [0.29, 0.717) is 6.61 Å². The molecular formula is C23H29F2NO. The zero-order chi connectivity index (χ0) is 19.2. The van der Waals surface area contributed by atoms with Crippen LogP contribution in [0.3, 0.4) is 0 Å². The molecule has 0 saturated carbocycles. The molecule has 27 heavy (non-hydrogen) atoms. The molecule has 1 aliphatic heterocycles. The van der Waals surface area contributed by atoms with Gasteiger partial charge in [0.15, 0.2) is 0 Å². The van der Waals surface area contributed by atoms with Crippen molar-refractivity contribution in [2.75, 3.05) is 26.2 Å². The molecule has 0 radical (unpaired) electrons. The predicted molar refractivity (Wildman–Crippen MR) is 105 cm³/mol. The van der Waals surface area contributed by atoms with Gasteiger partial charge in [-0.15, -0.1) is 0 Å². The third-order valence-electron chi connectivity index (χ3n) is 5.50. The average molecular weight is 373 g/mol. The molecule has 0 spiro atoms. The van der Waals surface area contributed by atoms with E-state index in [1.165, 1.54) is 54.2 Å². The Kier molecular flexibility index (Phi) is 6.97. The molecule has 1 atom stereocenters. The van der Waals surface area contributed by atoms with Crippen LogP contribution in [-0.2, 0) is 11.3 Å². The van der Waals surface area contributed by atoms with E-state index in [9.17, 15) is 8.78 Å². The monoisotopic (exact) mass is 373 g/mol. The van der Waals surface area contributed by atoms with Gasteiger partial charge >= 0.3 is 0 Å². The van der Waals surface area contributed by atoms with Gasteiger partial charge in [-0.05, 0) is 68.6 Å². The quantitative estimate of drug-likeness (QED) is 0.647. The van der Waals surface area contributed by atoms with Crippen LogP contribution in [0.4, 0.5) is 8.78 Å². The molecule has 1 heterocycles. The summed E-state index contributed by atoms with van der Waals surface area (Å²) in [4.78, 5) is 2.49. The van der Waals surface area contributed by atoms with Crippen LogP contribution in [0.1, 0.15) is 47.4 Å². The first-order valence-electron chi connectivity index (χ1n) is 9.85. The van der Waals surface area contributed by atoms with Crippen molar-refractivity contribution in [1.82, 2.24) is 4.90 Å².